The van der Waals surface area contributed by atoms with E-state index >= 15 is 0 Å². The molecule has 0 saturated heterocycles. The van der Waals surface area contributed by atoms with Crippen molar-refractivity contribution in [3.63, 3.8) is 0 Å². The lowest BCUT2D eigenvalue weighted by Crippen LogP contribution is -2.33. The molecular weight excluding hydrogens is 222 g/mol. The van der Waals surface area contributed by atoms with Crippen LogP contribution in [0.1, 0.15) is 33.1 Å². The molecule has 4 heteroatoms. The Morgan fingerprint density at radius 1 is 1.50 bits per heavy atom. The third-order valence-electron chi connectivity index (χ3n) is 3.03. The molecule has 1 fully saturated rings. The molecule has 0 aromatic heterocycles. The van der Waals surface area contributed by atoms with Crippen molar-refractivity contribution < 1.29 is 9.90 Å². The van der Waals surface area contributed by atoms with Gasteiger partial charge in [0.05, 0.1) is 12.4 Å². The van der Waals surface area contributed by atoms with Gasteiger partial charge in [-0.05, 0) is 30.9 Å². The van der Waals surface area contributed by atoms with Crippen LogP contribution < -0.4 is 5.32 Å². The van der Waals surface area contributed by atoms with E-state index < -0.39 is 0 Å². The molecule has 2 N–H and O–H groups in total. The van der Waals surface area contributed by atoms with Crippen LogP contribution in [0.25, 0.3) is 0 Å². The second-order valence-electron chi connectivity index (χ2n) is 5.17. The number of hydrogen-bond acceptors (Lipinski definition) is 3. The molecule has 0 spiro atoms. The van der Waals surface area contributed by atoms with Gasteiger partial charge in [-0.2, -0.15) is 11.8 Å². The molecule has 0 aromatic rings. The first kappa shape index (κ1) is 13.8. The zero-order chi connectivity index (χ0) is 12.0. The zero-order valence-electron chi connectivity index (χ0n) is 10.3. The first-order valence-electron chi connectivity index (χ1n) is 6.03. The summed E-state index contributed by atoms with van der Waals surface area (Å²) in [5.41, 5.74) is 0.0261. The zero-order valence-corrected chi connectivity index (χ0v) is 11.1. The Balaban J connectivity index is 1.99. The van der Waals surface area contributed by atoms with E-state index in [1.807, 2.05) is 0 Å². The van der Waals surface area contributed by atoms with Gasteiger partial charge in [-0.3, -0.25) is 4.79 Å². The van der Waals surface area contributed by atoms with Crippen molar-refractivity contribution in [1.82, 2.24) is 5.32 Å². The highest BCUT2D eigenvalue weighted by Crippen LogP contribution is 2.44. The molecule has 1 amide bonds. The lowest BCUT2D eigenvalue weighted by molar-refractivity contribution is -0.118. The summed E-state index contributed by atoms with van der Waals surface area (Å²) in [6.45, 7) is 5.23. The lowest BCUT2D eigenvalue weighted by Gasteiger charge is -2.12. The normalized spacial score (nSPS) is 17.5. The Hall–Kier alpha value is -0.220. The summed E-state index contributed by atoms with van der Waals surface area (Å²) in [6, 6.07) is 0. The summed E-state index contributed by atoms with van der Waals surface area (Å²) in [7, 11) is 0. The first-order valence-corrected chi connectivity index (χ1v) is 7.19. The minimum Gasteiger partial charge on any atom is -0.396 e. The number of aliphatic hydroxyl groups is 1. The minimum absolute atomic E-state index is 0.0261. The average Bonchev–Trinajstić information content (AvgIpc) is 3.02. The van der Waals surface area contributed by atoms with Crippen LogP contribution in [0.3, 0.4) is 0 Å². The van der Waals surface area contributed by atoms with E-state index in [1.165, 1.54) is 6.42 Å². The largest absolute Gasteiger partial charge is 0.396 e. The van der Waals surface area contributed by atoms with Crippen LogP contribution in [0.5, 0.6) is 0 Å². The number of rotatable bonds is 8. The third-order valence-corrected chi connectivity index (χ3v) is 4.02. The smallest absolute Gasteiger partial charge is 0.230 e. The van der Waals surface area contributed by atoms with E-state index in [1.54, 1.807) is 11.8 Å². The average molecular weight is 245 g/mol. The van der Waals surface area contributed by atoms with Crippen LogP contribution in [0.2, 0.25) is 0 Å². The molecule has 1 aliphatic rings. The number of thioether (sulfide) groups is 1. The van der Waals surface area contributed by atoms with Gasteiger partial charge < -0.3 is 10.4 Å². The van der Waals surface area contributed by atoms with E-state index in [2.05, 4.69) is 19.2 Å². The fourth-order valence-electron chi connectivity index (χ4n) is 1.39. The fraction of sp³-hybridized carbons (Fsp3) is 0.917. The second-order valence-corrected chi connectivity index (χ2v) is 6.28. The van der Waals surface area contributed by atoms with Gasteiger partial charge in [-0.25, -0.2) is 0 Å². The van der Waals surface area contributed by atoms with Crippen molar-refractivity contribution in [2.75, 3.05) is 24.7 Å². The number of amides is 1. The lowest BCUT2D eigenvalue weighted by atomic mass is 10.1. The Kier molecular flexibility index (Phi) is 5.62. The maximum atomic E-state index is 11.5. The Morgan fingerprint density at radius 3 is 2.69 bits per heavy atom. The van der Waals surface area contributed by atoms with Crippen molar-refractivity contribution in [2.24, 2.45) is 11.3 Å². The van der Waals surface area contributed by atoms with Crippen molar-refractivity contribution >= 4 is 17.7 Å². The Labute approximate surface area is 102 Å². The SMILES string of the molecule is CC(C)CCSCC(=O)NCC1(CO)CC1. The van der Waals surface area contributed by atoms with Crippen molar-refractivity contribution in [1.29, 1.82) is 0 Å². The van der Waals surface area contributed by atoms with Gasteiger partial charge in [0.1, 0.15) is 0 Å². The van der Waals surface area contributed by atoms with E-state index in [0.29, 0.717) is 18.2 Å². The van der Waals surface area contributed by atoms with E-state index in [0.717, 1.165) is 18.6 Å². The Morgan fingerprint density at radius 2 is 2.19 bits per heavy atom. The monoisotopic (exact) mass is 245 g/mol. The minimum atomic E-state index is 0.0261. The molecule has 0 atom stereocenters. The van der Waals surface area contributed by atoms with Crippen molar-refractivity contribution in [3.8, 4) is 0 Å². The van der Waals surface area contributed by atoms with Gasteiger partial charge in [0.2, 0.25) is 5.91 Å². The molecule has 16 heavy (non-hydrogen) atoms. The summed E-state index contributed by atoms with van der Waals surface area (Å²) in [5.74, 6) is 2.41. The quantitative estimate of drug-likeness (QED) is 0.639. The highest BCUT2D eigenvalue weighted by molar-refractivity contribution is 7.99. The molecule has 0 bridgehead atoms. The second kappa shape index (κ2) is 6.50. The van der Waals surface area contributed by atoms with Crippen LogP contribution >= 0.6 is 11.8 Å². The number of nitrogens with one attached hydrogen (secondary N) is 1. The Bertz CT molecular complexity index is 227. The number of carbonyl (C=O) groups is 1. The number of hydrogen-bond donors (Lipinski definition) is 2. The molecule has 1 rings (SSSR count). The highest BCUT2D eigenvalue weighted by atomic mass is 32.2. The maximum absolute atomic E-state index is 11.5. The summed E-state index contributed by atoms with van der Waals surface area (Å²) < 4.78 is 0. The van der Waals surface area contributed by atoms with Crippen molar-refractivity contribution in [3.05, 3.63) is 0 Å². The summed E-state index contributed by atoms with van der Waals surface area (Å²) in [4.78, 5) is 11.5. The number of carbonyl (C=O) groups excluding carboxylic acids is 1. The summed E-state index contributed by atoms with van der Waals surface area (Å²) in [5, 5.41) is 12.0. The van der Waals surface area contributed by atoms with Crippen LogP contribution in [0.4, 0.5) is 0 Å². The van der Waals surface area contributed by atoms with Gasteiger partial charge in [0, 0.05) is 12.0 Å². The standard InChI is InChI=1S/C12H23NO2S/c1-10(2)3-6-16-7-11(15)13-8-12(9-14)4-5-12/h10,14H,3-9H2,1-2H3,(H,13,15). The molecule has 1 saturated carbocycles. The molecule has 0 aromatic carbocycles. The molecule has 0 aliphatic heterocycles. The van der Waals surface area contributed by atoms with Crippen LogP contribution in [-0.4, -0.2) is 35.7 Å². The van der Waals surface area contributed by atoms with E-state index in [9.17, 15) is 4.79 Å². The molecule has 3 nitrogen and oxygen atoms in total. The first-order chi connectivity index (χ1) is 7.58. The third kappa shape index (κ3) is 5.21. The summed E-state index contributed by atoms with van der Waals surface area (Å²) >= 11 is 1.69. The topological polar surface area (TPSA) is 49.3 Å². The molecule has 94 valence electrons. The predicted octanol–water partition coefficient (Wildman–Crippen LogP) is 1.65. The molecule has 0 radical (unpaired) electrons. The highest BCUT2D eigenvalue weighted by Gasteiger charge is 2.41. The van der Waals surface area contributed by atoms with Gasteiger partial charge >= 0.3 is 0 Å². The van der Waals surface area contributed by atoms with Crippen LogP contribution in [0.15, 0.2) is 0 Å². The number of aliphatic hydroxyl groups excluding tert-OH is 1. The van der Waals surface area contributed by atoms with Crippen LogP contribution in [-0.2, 0) is 4.79 Å². The fourth-order valence-corrected chi connectivity index (χ4v) is 2.46. The van der Waals surface area contributed by atoms with Gasteiger partial charge in [-0.1, -0.05) is 13.8 Å². The van der Waals surface area contributed by atoms with Gasteiger partial charge in [-0.15, -0.1) is 0 Å². The maximum Gasteiger partial charge on any atom is 0.230 e. The van der Waals surface area contributed by atoms with Gasteiger partial charge in [0.15, 0.2) is 0 Å². The van der Waals surface area contributed by atoms with E-state index in [4.69, 9.17) is 5.11 Å². The predicted molar refractivity (Wildman–Crippen MR) is 68.5 cm³/mol. The molecule has 0 unspecified atom stereocenters. The molecule has 1 aliphatic carbocycles. The molecule has 0 heterocycles. The van der Waals surface area contributed by atoms with Crippen molar-refractivity contribution in [2.45, 2.75) is 33.1 Å². The van der Waals surface area contributed by atoms with Crippen LogP contribution in [0, 0.1) is 11.3 Å². The molecular formula is C12H23NO2S. The van der Waals surface area contributed by atoms with Gasteiger partial charge in [0.25, 0.3) is 0 Å². The van der Waals surface area contributed by atoms with E-state index in [-0.39, 0.29) is 17.9 Å². The summed E-state index contributed by atoms with van der Waals surface area (Å²) in [6.07, 6.45) is 3.26.